The number of anilines is 2. The molecule has 0 aliphatic heterocycles. The van der Waals surface area contributed by atoms with Crippen LogP contribution in [0.2, 0.25) is 0 Å². The number of carbonyl (C=O) groups is 2. The normalized spacial score (nSPS) is 14.6. The van der Waals surface area contributed by atoms with Crippen LogP contribution in [0.4, 0.5) is 16.2 Å². The third-order valence-corrected chi connectivity index (χ3v) is 2.64. The lowest BCUT2D eigenvalue weighted by molar-refractivity contribution is -0.114. The molecule has 0 radical (unpaired) electrons. The predicted molar refractivity (Wildman–Crippen MR) is 64.7 cm³/mol. The first-order valence-electron chi connectivity index (χ1n) is 5.19. The van der Waals surface area contributed by atoms with Gasteiger partial charge in [0, 0.05) is 6.42 Å². The van der Waals surface area contributed by atoms with Crippen molar-refractivity contribution in [3.8, 4) is 0 Å². The van der Waals surface area contributed by atoms with E-state index in [0.717, 1.165) is 11.1 Å². The minimum atomic E-state index is -1.15. The zero-order valence-corrected chi connectivity index (χ0v) is 9.06. The molecule has 2 rings (SSSR count). The average molecular weight is 232 g/mol. The summed E-state index contributed by atoms with van der Waals surface area (Å²) in [6.45, 7) is 0. The first kappa shape index (κ1) is 11.2. The summed E-state index contributed by atoms with van der Waals surface area (Å²) in [7, 11) is 0. The fraction of sp³-hybridized carbons (Fsp3) is 0.167. The van der Waals surface area contributed by atoms with Crippen LogP contribution in [0, 0.1) is 0 Å². The maximum Gasteiger partial charge on any atom is 0.409 e. The molecule has 1 amide bonds. The van der Waals surface area contributed by atoms with Crippen LogP contribution in [0.3, 0.4) is 0 Å². The van der Waals surface area contributed by atoms with Crippen molar-refractivity contribution in [1.29, 1.82) is 0 Å². The van der Waals surface area contributed by atoms with E-state index < -0.39 is 6.09 Å². The van der Waals surface area contributed by atoms with Gasteiger partial charge in [0.1, 0.15) is 0 Å². The number of nitrogen functional groups attached to an aromatic ring is 1. The van der Waals surface area contributed by atoms with Gasteiger partial charge in [-0.3, -0.25) is 10.1 Å². The van der Waals surface area contributed by atoms with Gasteiger partial charge in [-0.05, 0) is 35.8 Å². The van der Waals surface area contributed by atoms with Gasteiger partial charge in [0.15, 0.2) is 5.78 Å². The Balaban J connectivity index is 2.28. The van der Waals surface area contributed by atoms with Crippen molar-refractivity contribution in [2.75, 3.05) is 11.1 Å². The van der Waals surface area contributed by atoms with Crippen LogP contribution in [0.5, 0.6) is 0 Å². The van der Waals surface area contributed by atoms with Crippen molar-refractivity contribution in [1.82, 2.24) is 0 Å². The van der Waals surface area contributed by atoms with Crippen molar-refractivity contribution < 1.29 is 14.7 Å². The Morgan fingerprint density at radius 1 is 1.35 bits per heavy atom. The molecule has 0 atom stereocenters. The number of ketones is 1. The lowest BCUT2D eigenvalue weighted by Gasteiger charge is -2.08. The van der Waals surface area contributed by atoms with Crippen molar-refractivity contribution in [2.24, 2.45) is 0 Å². The van der Waals surface area contributed by atoms with E-state index >= 15 is 0 Å². The van der Waals surface area contributed by atoms with Gasteiger partial charge in [-0.2, -0.15) is 0 Å². The highest BCUT2D eigenvalue weighted by Gasteiger charge is 2.14. The summed E-state index contributed by atoms with van der Waals surface area (Å²) in [6.07, 6.45) is 1.70. The summed E-state index contributed by atoms with van der Waals surface area (Å²) in [5.74, 6) is 0.117. The SMILES string of the molecule is Nc1cc(C2=CC(=O)CC2)ccc1NC(=O)O. The van der Waals surface area contributed by atoms with Gasteiger partial charge in [0.25, 0.3) is 0 Å². The quantitative estimate of drug-likeness (QED) is 0.681. The van der Waals surface area contributed by atoms with Crippen molar-refractivity contribution in [3.05, 3.63) is 29.8 Å². The second-order valence-electron chi connectivity index (χ2n) is 3.87. The Labute approximate surface area is 97.9 Å². The molecule has 5 nitrogen and oxygen atoms in total. The Morgan fingerprint density at radius 2 is 2.12 bits per heavy atom. The zero-order valence-electron chi connectivity index (χ0n) is 9.06. The summed E-state index contributed by atoms with van der Waals surface area (Å²) in [5, 5.41) is 10.8. The van der Waals surface area contributed by atoms with Gasteiger partial charge >= 0.3 is 6.09 Å². The average Bonchev–Trinajstić information content (AvgIpc) is 2.67. The van der Waals surface area contributed by atoms with Crippen LogP contribution in [0.1, 0.15) is 18.4 Å². The van der Waals surface area contributed by atoms with E-state index in [-0.39, 0.29) is 5.78 Å². The summed E-state index contributed by atoms with van der Waals surface area (Å²) in [6, 6.07) is 5.03. The summed E-state index contributed by atoms with van der Waals surface area (Å²) in [5.41, 5.74) is 8.25. The topological polar surface area (TPSA) is 92.4 Å². The van der Waals surface area contributed by atoms with E-state index in [1.165, 1.54) is 0 Å². The number of nitrogens with one attached hydrogen (secondary N) is 1. The molecule has 0 saturated heterocycles. The number of hydrogen-bond acceptors (Lipinski definition) is 3. The number of amides is 1. The first-order chi connectivity index (χ1) is 8.06. The first-order valence-corrected chi connectivity index (χ1v) is 5.19. The minimum absolute atomic E-state index is 0.117. The number of carboxylic acid groups (broad SMARTS) is 1. The Bertz CT molecular complexity index is 520. The lowest BCUT2D eigenvalue weighted by atomic mass is 10.0. The summed E-state index contributed by atoms with van der Waals surface area (Å²) < 4.78 is 0. The molecule has 1 aliphatic rings. The number of rotatable bonds is 2. The molecule has 0 fully saturated rings. The second kappa shape index (κ2) is 4.29. The largest absolute Gasteiger partial charge is 0.465 e. The standard InChI is InChI=1S/C12H12N2O3/c13-10-6-8(7-1-3-9(15)5-7)2-4-11(10)14-12(16)17/h2,4-6,14H,1,3,13H2,(H,16,17). The Kier molecular flexibility index (Phi) is 2.82. The van der Waals surface area contributed by atoms with E-state index in [2.05, 4.69) is 5.32 Å². The molecule has 0 spiro atoms. The monoisotopic (exact) mass is 232 g/mol. The van der Waals surface area contributed by atoms with Crippen LogP contribution >= 0.6 is 0 Å². The van der Waals surface area contributed by atoms with Crippen LogP contribution < -0.4 is 11.1 Å². The van der Waals surface area contributed by atoms with E-state index in [4.69, 9.17) is 10.8 Å². The molecular formula is C12H12N2O3. The molecule has 5 heteroatoms. The van der Waals surface area contributed by atoms with Gasteiger partial charge in [-0.15, -0.1) is 0 Å². The number of nitrogens with two attached hydrogens (primary N) is 1. The molecule has 0 heterocycles. The van der Waals surface area contributed by atoms with Crippen LogP contribution in [0.15, 0.2) is 24.3 Å². The lowest BCUT2D eigenvalue weighted by Crippen LogP contribution is -2.09. The fourth-order valence-corrected chi connectivity index (χ4v) is 1.82. The van der Waals surface area contributed by atoms with Crippen molar-refractivity contribution in [2.45, 2.75) is 12.8 Å². The number of allylic oxidation sites excluding steroid dienone is 2. The third kappa shape index (κ3) is 2.44. The third-order valence-electron chi connectivity index (χ3n) is 2.64. The molecule has 17 heavy (non-hydrogen) atoms. The molecule has 0 bridgehead atoms. The fourth-order valence-electron chi connectivity index (χ4n) is 1.82. The number of hydrogen-bond donors (Lipinski definition) is 3. The van der Waals surface area contributed by atoms with E-state index in [9.17, 15) is 9.59 Å². The highest BCUT2D eigenvalue weighted by molar-refractivity contribution is 6.02. The molecule has 0 saturated carbocycles. The van der Waals surface area contributed by atoms with Gasteiger partial charge in [0.2, 0.25) is 0 Å². The molecular weight excluding hydrogens is 220 g/mol. The van der Waals surface area contributed by atoms with Gasteiger partial charge in [0.05, 0.1) is 11.4 Å². The van der Waals surface area contributed by atoms with E-state index in [1.807, 2.05) is 0 Å². The molecule has 0 unspecified atom stereocenters. The van der Waals surface area contributed by atoms with Crippen molar-refractivity contribution >= 4 is 28.8 Å². The molecule has 1 aromatic carbocycles. The molecule has 0 aromatic heterocycles. The number of benzene rings is 1. The van der Waals surface area contributed by atoms with Crippen LogP contribution in [-0.2, 0) is 4.79 Å². The molecule has 88 valence electrons. The van der Waals surface area contributed by atoms with Gasteiger partial charge < -0.3 is 10.8 Å². The van der Waals surface area contributed by atoms with Gasteiger partial charge in [-0.1, -0.05) is 6.07 Å². The van der Waals surface area contributed by atoms with E-state index in [0.29, 0.717) is 24.2 Å². The van der Waals surface area contributed by atoms with E-state index in [1.54, 1.807) is 24.3 Å². The summed E-state index contributed by atoms with van der Waals surface area (Å²) in [4.78, 5) is 21.6. The highest BCUT2D eigenvalue weighted by atomic mass is 16.4. The van der Waals surface area contributed by atoms with Crippen LogP contribution in [0.25, 0.3) is 5.57 Å². The maximum atomic E-state index is 11.1. The van der Waals surface area contributed by atoms with Crippen LogP contribution in [-0.4, -0.2) is 17.0 Å². The van der Waals surface area contributed by atoms with Gasteiger partial charge in [-0.25, -0.2) is 4.79 Å². The Morgan fingerprint density at radius 3 is 2.65 bits per heavy atom. The maximum absolute atomic E-state index is 11.1. The number of carbonyl (C=O) groups excluding carboxylic acids is 1. The highest BCUT2D eigenvalue weighted by Crippen LogP contribution is 2.29. The minimum Gasteiger partial charge on any atom is -0.465 e. The molecule has 4 N–H and O–H groups in total. The second-order valence-corrected chi connectivity index (χ2v) is 3.87. The zero-order chi connectivity index (χ0) is 12.4. The molecule has 1 aliphatic carbocycles. The Hall–Kier alpha value is -2.30. The smallest absolute Gasteiger partial charge is 0.409 e. The summed E-state index contributed by atoms with van der Waals surface area (Å²) >= 11 is 0. The predicted octanol–water partition coefficient (Wildman–Crippen LogP) is 2.10. The molecule has 1 aromatic rings. The van der Waals surface area contributed by atoms with Crippen molar-refractivity contribution in [3.63, 3.8) is 0 Å².